The lowest BCUT2D eigenvalue weighted by Crippen LogP contribution is -2.59. The van der Waals surface area contributed by atoms with Crippen LogP contribution in [0.1, 0.15) is 39.2 Å². The van der Waals surface area contributed by atoms with Crippen molar-refractivity contribution in [2.75, 3.05) is 34.0 Å². The molecule has 4 N–H and O–H groups in total. The maximum absolute atomic E-state index is 13.1. The Bertz CT molecular complexity index is 865. The molecule has 1 aromatic carbocycles. The smallest absolute Gasteiger partial charge is 0.411 e. The van der Waals surface area contributed by atoms with Crippen molar-refractivity contribution in [1.29, 1.82) is 0 Å². The molecule has 0 saturated heterocycles. The van der Waals surface area contributed by atoms with E-state index in [0.29, 0.717) is 37.6 Å². The molecule has 7 nitrogen and oxygen atoms in total. The summed E-state index contributed by atoms with van der Waals surface area (Å²) in [6.45, 7) is 3.68. The summed E-state index contributed by atoms with van der Waals surface area (Å²) in [7, 11) is 3.10. The van der Waals surface area contributed by atoms with Crippen molar-refractivity contribution >= 4 is 5.91 Å². The Balaban J connectivity index is 2.88. The van der Waals surface area contributed by atoms with Gasteiger partial charge in [-0.1, -0.05) is 19.9 Å². The van der Waals surface area contributed by atoms with Crippen molar-refractivity contribution in [3.8, 4) is 11.5 Å². The number of nitrogens with one attached hydrogen (secondary N) is 1. The molecule has 0 fully saturated rings. The van der Waals surface area contributed by atoms with Crippen LogP contribution >= 0.6 is 0 Å². The summed E-state index contributed by atoms with van der Waals surface area (Å²) in [5.74, 6) is -1.27. The number of nitrogens with two attached hydrogens (primary N) is 1. The van der Waals surface area contributed by atoms with E-state index in [1.54, 1.807) is 18.5 Å². The quantitative estimate of drug-likeness (QED) is 0.219. The third kappa shape index (κ3) is 8.91. The Labute approximate surface area is 219 Å². The second-order valence-electron chi connectivity index (χ2n) is 9.69. The molecule has 3 atom stereocenters. The lowest BCUT2D eigenvalue weighted by Gasteiger charge is -2.33. The van der Waals surface area contributed by atoms with E-state index < -0.39 is 42.4 Å². The van der Waals surface area contributed by atoms with Gasteiger partial charge in [0.05, 0.1) is 19.8 Å². The van der Waals surface area contributed by atoms with E-state index in [0.717, 1.165) is 5.56 Å². The highest BCUT2D eigenvalue weighted by Crippen LogP contribution is 2.50. The first kappa shape index (κ1) is 33.8. The SMILES string of the molecule is COCCCOc1cc(C[C@@H](C[C@H](N)[C@@H](O)CNC(=O)C(C)(C(F)(F)F)C(F)(F)F)C(C)C)ccc1OC. The molecule has 0 unspecified atom stereocenters. The zero-order valence-electron chi connectivity index (χ0n) is 22.2. The molecule has 0 aliphatic carbocycles. The summed E-state index contributed by atoms with van der Waals surface area (Å²) >= 11 is 0. The molecule has 0 bridgehead atoms. The van der Waals surface area contributed by atoms with Crippen LogP contribution in [0.4, 0.5) is 26.3 Å². The first-order valence-electron chi connectivity index (χ1n) is 12.1. The number of carbonyl (C=O) groups excluding carboxylic acids is 1. The summed E-state index contributed by atoms with van der Waals surface area (Å²) in [4.78, 5) is 11.9. The van der Waals surface area contributed by atoms with Crippen molar-refractivity contribution in [2.24, 2.45) is 23.0 Å². The zero-order chi connectivity index (χ0) is 29.3. The van der Waals surface area contributed by atoms with Gasteiger partial charge < -0.3 is 30.4 Å². The van der Waals surface area contributed by atoms with Crippen LogP contribution in [-0.2, 0) is 16.0 Å². The molecule has 0 heterocycles. The number of halogens is 6. The van der Waals surface area contributed by atoms with E-state index in [9.17, 15) is 36.2 Å². The number of benzene rings is 1. The molecule has 1 aromatic rings. The molecule has 0 radical (unpaired) electrons. The van der Waals surface area contributed by atoms with Gasteiger partial charge in [-0.15, -0.1) is 0 Å². The molecule has 13 heteroatoms. The standard InChI is InChI=1S/C25H38F6N2O5/c1-15(2)17(11-16-7-8-20(37-5)21(12-16)38-10-6-9-36-4)13-18(32)19(34)14-33-22(35)23(3,24(26,27)28)25(29,30)31/h7-8,12,15,17-19,34H,6,9-11,13-14,32H2,1-5H3,(H,33,35)/t17-,18-,19-/m0/s1. The van der Waals surface area contributed by atoms with Crippen LogP contribution in [-0.4, -0.2) is 69.5 Å². The van der Waals surface area contributed by atoms with Crippen molar-refractivity contribution in [1.82, 2.24) is 5.32 Å². The molecule has 38 heavy (non-hydrogen) atoms. The van der Waals surface area contributed by atoms with Gasteiger partial charge >= 0.3 is 12.4 Å². The van der Waals surface area contributed by atoms with Gasteiger partial charge in [-0.2, -0.15) is 26.3 Å². The Morgan fingerprint density at radius 3 is 2.16 bits per heavy atom. The van der Waals surface area contributed by atoms with Crippen LogP contribution in [0.3, 0.4) is 0 Å². The number of aliphatic hydroxyl groups excluding tert-OH is 1. The second kappa shape index (κ2) is 14.2. The Morgan fingerprint density at radius 2 is 1.66 bits per heavy atom. The minimum absolute atomic E-state index is 0.0646. The van der Waals surface area contributed by atoms with E-state index in [1.807, 2.05) is 26.0 Å². The molecule has 1 amide bonds. The topological polar surface area (TPSA) is 103 Å². The van der Waals surface area contributed by atoms with E-state index in [2.05, 4.69) is 0 Å². The summed E-state index contributed by atoms with van der Waals surface area (Å²) in [5, 5.41) is 11.9. The van der Waals surface area contributed by atoms with Gasteiger partial charge in [0, 0.05) is 32.7 Å². The average molecular weight is 561 g/mol. The van der Waals surface area contributed by atoms with Gasteiger partial charge in [-0.25, -0.2) is 0 Å². The maximum atomic E-state index is 13.1. The molecule has 0 spiro atoms. The predicted octanol–water partition coefficient (Wildman–Crippen LogP) is 4.25. The third-order valence-corrected chi connectivity index (χ3v) is 6.55. The normalized spacial score (nSPS) is 15.2. The van der Waals surface area contributed by atoms with E-state index in [-0.39, 0.29) is 25.2 Å². The largest absolute Gasteiger partial charge is 0.493 e. The number of methoxy groups -OCH3 is 2. The highest BCUT2D eigenvalue weighted by molar-refractivity contribution is 5.84. The van der Waals surface area contributed by atoms with Crippen molar-refractivity contribution < 1.29 is 50.5 Å². The number of hydrogen-bond acceptors (Lipinski definition) is 6. The molecular formula is C25H38F6N2O5. The zero-order valence-corrected chi connectivity index (χ0v) is 22.2. The fourth-order valence-electron chi connectivity index (χ4n) is 3.69. The monoisotopic (exact) mass is 560 g/mol. The van der Waals surface area contributed by atoms with Crippen molar-refractivity contribution in [3.05, 3.63) is 23.8 Å². The van der Waals surface area contributed by atoms with Crippen LogP contribution in [0.15, 0.2) is 18.2 Å². The fraction of sp³-hybridized carbons (Fsp3) is 0.720. The van der Waals surface area contributed by atoms with Crippen LogP contribution < -0.4 is 20.5 Å². The van der Waals surface area contributed by atoms with Crippen LogP contribution in [0.5, 0.6) is 11.5 Å². The molecule has 1 rings (SSSR count). The Hall–Kier alpha value is -2.25. The van der Waals surface area contributed by atoms with Crippen LogP contribution in [0.2, 0.25) is 0 Å². The number of alkyl halides is 6. The molecular weight excluding hydrogens is 522 g/mol. The lowest BCUT2D eigenvalue weighted by atomic mass is 9.83. The molecule has 0 aromatic heterocycles. The van der Waals surface area contributed by atoms with E-state index in [4.69, 9.17) is 19.9 Å². The molecule has 0 aliphatic heterocycles. The lowest BCUT2D eigenvalue weighted by molar-refractivity contribution is -0.319. The summed E-state index contributed by atoms with van der Waals surface area (Å²) in [6.07, 6.45) is -12.0. The molecule has 0 saturated carbocycles. The highest BCUT2D eigenvalue weighted by Gasteiger charge is 2.72. The van der Waals surface area contributed by atoms with Gasteiger partial charge in [0.25, 0.3) is 0 Å². The molecule has 0 aliphatic rings. The van der Waals surface area contributed by atoms with E-state index in [1.165, 1.54) is 7.11 Å². The Kier molecular flexibility index (Phi) is 12.6. The fourth-order valence-corrected chi connectivity index (χ4v) is 3.69. The van der Waals surface area contributed by atoms with Gasteiger partial charge in [-0.05, 0) is 49.3 Å². The number of hydrogen-bond donors (Lipinski definition) is 3. The van der Waals surface area contributed by atoms with Gasteiger partial charge in [-0.3, -0.25) is 4.79 Å². The number of aliphatic hydroxyl groups is 1. The van der Waals surface area contributed by atoms with Gasteiger partial charge in [0.1, 0.15) is 0 Å². The number of carbonyl (C=O) groups is 1. The maximum Gasteiger partial charge on any atom is 0.411 e. The van der Waals surface area contributed by atoms with Gasteiger partial charge in [0.15, 0.2) is 11.5 Å². The van der Waals surface area contributed by atoms with Crippen LogP contribution in [0.25, 0.3) is 0 Å². The Morgan fingerprint density at radius 1 is 1.05 bits per heavy atom. The molecule has 220 valence electrons. The summed E-state index contributed by atoms with van der Waals surface area (Å²) < 4.78 is 94.7. The highest BCUT2D eigenvalue weighted by atomic mass is 19.4. The first-order chi connectivity index (χ1) is 17.5. The second-order valence-corrected chi connectivity index (χ2v) is 9.69. The van der Waals surface area contributed by atoms with Crippen molar-refractivity contribution in [2.45, 2.75) is 64.5 Å². The summed E-state index contributed by atoms with van der Waals surface area (Å²) in [5.41, 5.74) is 2.30. The summed E-state index contributed by atoms with van der Waals surface area (Å²) in [6, 6.07) is 4.39. The number of rotatable bonds is 15. The van der Waals surface area contributed by atoms with Gasteiger partial charge in [0.2, 0.25) is 11.3 Å². The number of ether oxygens (including phenoxy) is 3. The van der Waals surface area contributed by atoms with Crippen molar-refractivity contribution in [3.63, 3.8) is 0 Å². The third-order valence-electron chi connectivity index (χ3n) is 6.55. The first-order valence-corrected chi connectivity index (χ1v) is 12.1. The minimum Gasteiger partial charge on any atom is -0.493 e. The predicted molar refractivity (Wildman–Crippen MR) is 129 cm³/mol. The van der Waals surface area contributed by atoms with E-state index >= 15 is 0 Å². The van der Waals surface area contributed by atoms with Crippen LogP contribution in [0, 0.1) is 17.3 Å². The number of amides is 1. The average Bonchev–Trinajstić information content (AvgIpc) is 2.82. The minimum atomic E-state index is -5.88.